The highest BCUT2D eigenvalue weighted by Gasteiger charge is 2.31. The van der Waals surface area contributed by atoms with Gasteiger partial charge in [-0.2, -0.15) is 4.31 Å². The van der Waals surface area contributed by atoms with Crippen molar-refractivity contribution in [1.29, 1.82) is 0 Å². The third kappa shape index (κ3) is 2.99. The Hall–Kier alpha value is -1.05. The fraction of sp³-hybridized carbons (Fsp3) is 0.538. The molecule has 4 nitrogen and oxygen atoms in total. The van der Waals surface area contributed by atoms with E-state index in [1.807, 2.05) is 6.92 Å². The molecule has 0 spiro atoms. The van der Waals surface area contributed by atoms with E-state index in [2.05, 4.69) is 0 Å². The first-order chi connectivity index (χ1) is 9.32. The molecule has 0 aliphatic carbocycles. The lowest BCUT2D eigenvalue weighted by molar-refractivity contribution is 0.243. The van der Waals surface area contributed by atoms with Crippen LogP contribution in [0.5, 0.6) is 0 Å². The molecule has 2 N–H and O–H groups in total. The molecule has 20 heavy (non-hydrogen) atoms. The van der Waals surface area contributed by atoms with Gasteiger partial charge in [-0.1, -0.05) is 0 Å². The number of sulfonamides is 1. The first-order valence-corrected chi connectivity index (χ1v) is 7.97. The van der Waals surface area contributed by atoms with E-state index in [0.717, 1.165) is 31.0 Å². The molecule has 2 unspecified atom stereocenters. The zero-order valence-corrected chi connectivity index (χ0v) is 12.0. The Bertz CT molecular complexity index is 590. The molecule has 1 saturated heterocycles. The SMILES string of the molecule is CC(N)C1CCCN(S(=O)(=O)c2ccc(F)c(F)c2)C1. The molecule has 2 rings (SSSR count). The second-order valence-corrected chi connectivity index (χ2v) is 7.14. The summed E-state index contributed by atoms with van der Waals surface area (Å²) >= 11 is 0. The molecule has 0 bridgehead atoms. The molecule has 1 aliphatic heterocycles. The number of rotatable bonds is 3. The van der Waals surface area contributed by atoms with E-state index in [0.29, 0.717) is 13.1 Å². The Labute approximate surface area is 117 Å². The van der Waals surface area contributed by atoms with Crippen LogP contribution in [0.15, 0.2) is 23.1 Å². The predicted molar refractivity (Wildman–Crippen MR) is 71.5 cm³/mol. The minimum Gasteiger partial charge on any atom is -0.328 e. The topological polar surface area (TPSA) is 63.4 Å². The molecule has 0 amide bonds. The summed E-state index contributed by atoms with van der Waals surface area (Å²) in [6.07, 6.45) is 1.59. The van der Waals surface area contributed by atoms with Crippen LogP contribution >= 0.6 is 0 Å². The highest BCUT2D eigenvalue weighted by molar-refractivity contribution is 7.89. The Balaban J connectivity index is 2.27. The van der Waals surface area contributed by atoms with Crippen LogP contribution in [0.1, 0.15) is 19.8 Å². The largest absolute Gasteiger partial charge is 0.328 e. The zero-order chi connectivity index (χ0) is 14.9. The van der Waals surface area contributed by atoms with E-state index in [-0.39, 0.29) is 16.9 Å². The maximum atomic E-state index is 13.2. The van der Waals surface area contributed by atoms with Crippen LogP contribution in [0.3, 0.4) is 0 Å². The zero-order valence-electron chi connectivity index (χ0n) is 11.2. The minimum absolute atomic E-state index is 0.0869. The Morgan fingerprint density at radius 3 is 2.65 bits per heavy atom. The average Bonchev–Trinajstić information content (AvgIpc) is 2.42. The summed E-state index contributed by atoms with van der Waals surface area (Å²) in [6.45, 7) is 2.54. The lowest BCUT2D eigenvalue weighted by Crippen LogP contribution is -2.44. The summed E-state index contributed by atoms with van der Waals surface area (Å²) in [5.74, 6) is -2.13. The lowest BCUT2D eigenvalue weighted by Gasteiger charge is -2.33. The Morgan fingerprint density at radius 2 is 2.05 bits per heavy atom. The van der Waals surface area contributed by atoms with Crippen molar-refractivity contribution in [3.05, 3.63) is 29.8 Å². The average molecular weight is 304 g/mol. The van der Waals surface area contributed by atoms with Crippen LogP contribution in [-0.2, 0) is 10.0 Å². The lowest BCUT2D eigenvalue weighted by atomic mass is 9.93. The number of nitrogens with two attached hydrogens (primary N) is 1. The third-order valence-corrected chi connectivity index (χ3v) is 5.55. The van der Waals surface area contributed by atoms with Crippen LogP contribution in [-0.4, -0.2) is 31.9 Å². The molecule has 7 heteroatoms. The monoisotopic (exact) mass is 304 g/mol. The standard InChI is InChI=1S/C13H18F2N2O2S/c1-9(16)10-3-2-6-17(8-10)20(18,19)11-4-5-12(14)13(15)7-11/h4-5,7,9-10H,2-3,6,8,16H2,1H3. The van der Waals surface area contributed by atoms with Crippen molar-refractivity contribution in [2.24, 2.45) is 11.7 Å². The van der Waals surface area contributed by atoms with Crippen LogP contribution in [0.4, 0.5) is 8.78 Å². The van der Waals surface area contributed by atoms with Gasteiger partial charge in [-0.3, -0.25) is 0 Å². The summed E-state index contributed by atoms with van der Waals surface area (Å²) in [4.78, 5) is -0.221. The summed E-state index contributed by atoms with van der Waals surface area (Å²) in [5.41, 5.74) is 5.82. The van der Waals surface area contributed by atoms with Crippen molar-refractivity contribution in [2.75, 3.05) is 13.1 Å². The van der Waals surface area contributed by atoms with Gasteiger partial charge < -0.3 is 5.73 Å². The summed E-state index contributed by atoms with van der Waals surface area (Å²) < 4.78 is 52.2. The Morgan fingerprint density at radius 1 is 1.35 bits per heavy atom. The van der Waals surface area contributed by atoms with E-state index >= 15 is 0 Å². The summed E-state index contributed by atoms with van der Waals surface area (Å²) in [7, 11) is -3.80. The molecule has 1 fully saturated rings. The van der Waals surface area contributed by atoms with Crippen LogP contribution < -0.4 is 5.73 Å². The number of nitrogens with zero attached hydrogens (tertiary/aromatic N) is 1. The maximum Gasteiger partial charge on any atom is 0.243 e. The van der Waals surface area contributed by atoms with Gasteiger partial charge in [0.1, 0.15) is 0 Å². The van der Waals surface area contributed by atoms with Crippen molar-refractivity contribution in [2.45, 2.75) is 30.7 Å². The quantitative estimate of drug-likeness (QED) is 0.924. The fourth-order valence-corrected chi connectivity index (χ4v) is 3.96. The smallest absolute Gasteiger partial charge is 0.243 e. The normalized spacial score (nSPS) is 22.7. The molecule has 1 aromatic rings. The van der Waals surface area contributed by atoms with E-state index in [9.17, 15) is 17.2 Å². The molecule has 112 valence electrons. The first kappa shape index (κ1) is 15.3. The van der Waals surface area contributed by atoms with E-state index in [4.69, 9.17) is 5.73 Å². The second-order valence-electron chi connectivity index (χ2n) is 5.20. The molecule has 0 aromatic heterocycles. The number of hydrogen-bond acceptors (Lipinski definition) is 3. The van der Waals surface area contributed by atoms with Gasteiger partial charge in [-0.25, -0.2) is 17.2 Å². The maximum absolute atomic E-state index is 13.2. The number of piperidine rings is 1. The third-order valence-electron chi connectivity index (χ3n) is 3.69. The highest BCUT2D eigenvalue weighted by Crippen LogP contribution is 2.25. The minimum atomic E-state index is -3.80. The molecule has 1 aromatic carbocycles. The van der Waals surface area contributed by atoms with Gasteiger partial charge in [-0.05, 0) is 43.9 Å². The van der Waals surface area contributed by atoms with E-state index < -0.39 is 21.7 Å². The highest BCUT2D eigenvalue weighted by atomic mass is 32.2. The van der Waals surface area contributed by atoms with Gasteiger partial charge in [-0.15, -0.1) is 0 Å². The fourth-order valence-electron chi connectivity index (χ4n) is 2.41. The van der Waals surface area contributed by atoms with Gasteiger partial charge >= 0.3 is 0 Å². The molecular weight excluding hydrogens is 286 g/mol. The van der Waals surface area contributed by atoms with Gasteiger partial charge in [0.05, 0.1) is 4.90 Å². The summed E-state index contributed by atoms with van der Waals surface area (Å²) in [6, 6.07) is 2.54. The molecule has 1 heterocycles. The van der Waals surface area contributed by atoms with Crippen LogP contribution in [0.2, 0.25) is 0 Å². The molecule has 1 aliphatic rings. The first-order valence-electron chi connectivity index (χ1n) is 6.53. The molecule has 0 radical (unpaired) electrons. The van der Waals surface area contributed by atoms with Gasteiger partial charge in [0.15, 0.2) is 11.6 Å². The van der Waals surface area contributed by atoms with Crippen LogP contribution in [0.25, 0.3) is 0 Å². The number of halogens is 2. The van der Waals surface area contributed by atoms with E-state index in [1.54, 1.807) is 0 Å². The molecular formula is C13H18F2N2O2S. The van der Waals surface area contributed by atoms with Crippen molar-refractivity contribution < 1.29 is 17.2 Å². The van der Waals surface area contributed by atoms with Gasteiger partial charge in [0.25, 0.3) is 0 Å². The molecule has 0 saturated carbocycles. The molecule has 2 atom stereocenters. The second kappa shape index (κ2) is 5.75. The summed E-state index contributed by atoms with van der Waals surface area (Å²) in [5, 5.41) is 0. The van der Waals surface area contributed by atoms with Crippen molar-refractivity contribution in [3.8, 4) is 0 Å². The van der Waals surface area contributed by atoms with Crippen molar-refractivity contribution in [1.82, 2.24) is 4.31 Å². The number of hydrogen-bond donors (Lipinski definition) is 1. The van der Waals surface area contributed by atoms with Crippen LogP contribution in [0, 0.1) is 17.6 Å². The van der Waals surface area contributed by atoms with Gasteiger partial charge in [0.2, 0.25) is 10.0 Å². The van der Waals surface area contributed by atoms with Crippen molar-refractivity contribution in [3.63, 3.8) is 0 Å². The van der Waals surface area contributed by atoms with Crippen molar-refractivity contribution >= 4 is 10.0 Å². The van der Waals surface area contributed by atoms with Gasteiger partial charge in [0, 0.05) is 19.1 Å². The predicted octanol–water partition coefficient (Wildman–Crippen LogP) is 1.71. The number of benzene rings is 1. The Kier molecular flexibility index (Phi) is 4.41. The van der Waals surface area contributed by atoms with E-state index in [1.165, 1.54) is 4.31 Å².